The summed E-state index contributed by atoms with van der Waals surface area (Å²) in [4.78, 5) is 11.8. The van der Waals surface area contributed by atoms with E-state index in [2.05, 4.69) is 21.2 Å². The molecule has 2 aromatic rings. The molecule has 2 rings (SSSR count). The number of amides is 1. The van der Waals surface area contributed by atoms with Crippen LogP contribution in [0.5, 0.6) is 0 Å². The van der Waals surface area contributed by atoms with Crippen molar-refractivity contribution in [2.45, 2.75) is 6.61 Å². The highest BCUT2D eigenvalue weighted by molar-refractivity contribution is 14.1. The van der Waals surface area contributed by atoms with Crippen molar-refractivity contribution in [2.75, 3.05) is 5.32 Å². The highest BCUT2D eigenvalue weighted by Gasteiger charge is 2.15. The topological polar surface area (TPSA) is 38.3 Å². The zero-order valence-corrected chi connectivity index (χ0v) is 15.8. The van der Waals surface area contributed by atoms with Gasteiger partial charge in [-0.2, -0.15) is 0 Å². The molecule has 0 fully saturated rings. The number of hydrogen-bond donors (Lipinski definition) is 1. The fourth-order valence-electron chi connectivity index (χ4n) is 1.54. The molecule has 0 heterocycles. The van der Waals surface area contributed by atoms with Crippen molar-refractivity contribution in [3.63, 3.8) is 0 Å². The maximum atomic E-state index is 11.8. The Kier molecular flexibility index (Phi) is 6.16. The molecule has 0 spiro atoms. The summed E-state index contributed by atoms with van der Waals surface area (Å²) < 4.78 is 6.41. The number of benzene rings is 2. The lowest BCUT2D eigenvalue weighted by Crippen LogP contribution is -2.15. The molecule has 0 aliphatic carbocycles. The molecule has 0 radical (unpaired) electrons. The molecule has 0 saturated heterocycles. The molecule has 21 heavy (non-hydrogen) atoms. The molecule has 7 heteroatoms. The number of anilines is 1. The first kappa shape index (κ1) is 16.9. The lowest BCUT2D eigenvalue weighted by Gasteiger charge is -2.12. The van der Waals surface area contributed by atoms with E-state index in [4.69, 9.17) is 27.9 Å². The summed E-state index contributed by atoms with van der Waals surface area (Å²) in [5.74, 6) is 0. The lowest BCUT2D eigenvalue weighted by atomic mass is 10.2. The van der Waals surface area contributed by atoms with Gasteiger partial charge in [0.2, 0.25) is 0 Å². The fraction of sp³-hybridized carbons (Fsp3) is 0.0714. The van der Waals surface area contributed by atoms with Crippen molar-refractivity contribution in [1.29, 1.82) is 0 Å². The summed E-state index contributed by atoms with van der Waals surface area (Å²) in [6.07, 6.45) is -0.576. The van der Waals surface area contributed by atoms with Gasteiger partial charge in [-0.1, -0.05) is 53.5 Å². The minimum absolute atomic E-state index is 0.190. The van der Waals surface area contributed by atoms with E-state index in [1.807, 2.05) is 52.9 Å². The Morgan fingerprint density at radius 2 is 1.95 bits per heavy atom. The van der Waals surface area contributed by atoms with Gasteiger partial charge in [0.1, 0.15) is 6.61 Å². The number of ether oxygens (including phenoxy) is 1. The van der Waals surface area contributed by atoms with Crippen molar-refractivity contribution in [1.82, 2.24) is 0 Å². The molecule has 0 aliphatic heterocycles. The molecule has 2 aromatic carbocycles. The van der Waals surface area contributed by atoms with E-state index in [0.29, 0.717) is 20.2 Å². The highest BCUT2D eigenvalue weighted by atomic mass is 127. The van der Waals surface area contributed by atoms with Gasteiger partial charge in [-0.25, -0.2) is 4.79 Å². The SMILES string of the molecule is O=C(Nc1c(I)cc(Cl)c(Br)c1Cl)OCc1ccccc1. The molecule has 0 aromatic heterocycles. The summed E-state index contributed by atoms with van der Waals surface area (Å²) in [5, 5.41) is 3.44. The minimum atomic E-state index is -0.576. The van der Waals surface area contributed by atoms with Gasteiger partial charge in [0, 0.05) is 3.57 Å². The van der Waals surface area contributed by atoms with Crippen molar-refractivity contribution in [2.24, 2.45) is 0 Å². The number of nitrogens with one attached hydrogen (secondary N) is 1. The van der Waals surface area contributed by atoms with Gasteiger partial charge in [-0.3, -0.25) is 5.32 Å². The van der Waals surface area contributed by atoms with Crippen LogP contribution in [0, 0.1) is 3.57 Å². The first-order valence-corrected chi connectivity index (χ1v) is 8.42. The summed E-state index contributed by atoms with van der Waals surface area (Å²) in [7, 11) is 0. The molecule has 0 unspecified atom stereocenters. The van der Waals surface area contributed by atoms with Gasteiger partial charge in [0.15, 0.2) is 0 Å². The molecule has 0 aliphatic rings. The van der Waals surface area contributed by atoms with Crippen LogP contribution >= 0.6 is 61.7 Å². The van der Waals surface area contributed by atoms with Gasteiger partial charge in [-0.15, -0.1) is 0 Å². The normalized spacial score (nSPS) is 10.3. The molecule has 0 atom stereocenters. The van der Waals surface area contributed by atoms with Crippen LogP contribution in [-0.4, -0.2) is 6.09 Å². The maximum Gasteiger partial charge on any atom is 0.412 e. The van der Waals surface area contributed by atoms with Gasteiger partial charge >= 0.3 is 6.09 Å². The van der Waals surface area contributed by atoms with Crippen molar-refractivity contribution in [3.05, 3.63) is 60.0 Å². The number of carbonyl (C=O) groups is 1. The Bertz CT molecular complexity index is 668. The average molecular weight is 501 g/mol. The van der Waals surface area contributed by atoms with Gasteiger partial charge < -0.3 is 4.74 Å². The molecule has 3 nitrogen and oxygen atoms in total. The Morgan fingerprint density at radius 3 is 2.62 bits per heavy atom. The second-order valence-corrected chi connectivity index (χ2v) is 6.77. The van der Waals surface area contributed by atoms with Crippen LogP contribution in [0.15, 0.2) is 40.9 Å². The third kappa shape index (κ3) is 4.48. The molecule has 0 bridgehead atoms. The largest absolute Gasteiger partial charge is 0.444 e. The zero-order chi connectivity index (χ0) is 15.4. The van der Waals surface area contributed by atoms with Crippen LogP contribution in [0.2, 0.25) is 10.0 Å². The smallest absolute Gasteiger partial charge is 0.412 e. The number of carbonyl (C=O) groups excluding carboxylic acids is 1. The average Bonchev–Trinajstić information content (AvgIpc) is 2.48. The maximum absolute atomic E-state index is 11.8. The van der Waals surface area contributed by atoms with E-state index in [0.717, 1.165) is 9.13 Å². The summed E-state index contributed by atoms with van der Waals surface area (Å²) in [5.41, 5.74) is 1.37. The molecule has 1 N–H and O–H groups in total. The second-order valence-electron chi connectivity index (χ2n) is 4.03. The second kappa shape index (κ2) is 7.67. The van der Waals surface area contributed by atoms with E-state index in [9.17, 15) is 4.79 Å². The lowest BCUT2D eigenvalue weighted by molar-refractivity contribution is 0.155. The van der Waals surface area contributed by atoms with Crippen LogP contribution < -0.4 is 5.32 Å². The van der Waals surface area contributed by atoms with Crippen molar-refractivity contribution < 1.29 is 9.53 Å². The Labute approximate surface area is 154 Å². The van der Waals surface area contributed by atoms with Crippen LogP contribution in [0.4, 0.5) is 10.5 Å². The van der Waals surface area contributed by atoms with E-state index >= 15 is 0 Å². The Hall–Kier alpha value is -0.500. The predicted molar refractivity (Wildman–Crippen MR) is 97.1 cm³/mol. The third-order valence-electron chi connectivity index (χ3n) is 2.55. The van der Waals surface area contributed by atoms with Crippen molar-refractivity contribution in [3.8, 4) is 0 Å². The van der Waals surface area contributed by atoms with Crippen molar-refractivity contribution >= 4 is 73.5 Å². The molecule has 0 saturated carbocycles. The predicted octanol–water partition coefficient (Wildman–Crippen LogP) is 6.11. The van der Waals surface area contributed by atoms with Crippen LogP contribution in [0.1, 0.15) is 5.56 Å². The summed E-state index contributed by atoms with van der Waals surface area (Å²) in [6.45, 7) is 0.190. The zero-order valence-electron chi connectivity index (χ0n) is 10.5. The van der Waals surface area contributed by atoms with E-state index < -0.39 is 6.09 Å². The Morgan fingerprint density at radius 1 is 1.29 bits per heavy atom. The van der Waals surface area contributed by atoms with E-state index in [1.54, 1.807) is 6.07 Å². The van der Waals surface area contributed by atoms with E-state index in [-0.39, 0.29) is 6.61 Å². The summed E-state index contributed by atoms with van der Waals surface area (Å²) >= 11 is 17.5. The fourth-order valence-corrected chi connectivity index (χ4v) is 3.42. The highest BCUT2D eigenvalue weighted by Crippen LogP contribution is 2.39. The minimum Gasteiger partial charge on any atom is -0.444 e. The quantitative estimate of drug-likeness (QED) is 0.314. The standard InChI is InChI=1S/C14H9BrCl2INO2/c15-11-9(16)6-10(18)13(12(11)17)19-14(20)21-7-8-4-2-1-3-5-8/h1-6H,7H2,(H,19,20). The molecule has 110 valence electrons. The van der Waals surface area contributed by atoms with Crippen LogP contribution in [0.3, 0.4) is 0 Å². The van der Waals surface area contributed by atoms with Crippen LogP contribution in [0.25, 0.3) is 0 Å². The Balaban J connectivity index is 2.05. The number of rotatable bonds is 3. The van der Waals surface area contributed by atoms with E-state index in [1.165, 1.54) is 0 Å². The molecular formula is C14H9BrCl2INO2. The number of halogens is 4. The summed E-state index contributed by atoms with van der Waals surface area (Å²) in [6, 6.07) is 11.1. The van der Waals surface area contributed by atoms with Crippen LogP contribution in [-0.2, 0) is 11.3 Å². The molecule has 1 amide bonds. The van der Waals surface area contributed by atoms with Gasteiger partial charge in [0.05, 0.1) is 20.2 Å². The van der Waals surface area contributed by atoms with Gasteiger partial charge in [0.25, 0.3) is 0 Å². The number of hydrogen-bond acceptors (Lipinski definition) is 2. The first-order chi connectivity index (χ1) is 9.99. The third-order valence-corrected chi connectivity index (χ3v) is 5.36. The first-order valence-electron chi connectivity index (χ1n) is 5.79. The van der Waals surface area contributed by atoms with Gasteiger partial charge in [-0.05, 0) is 50.2 Å². The monoisotopic (exact) mass is 499 g/mol. The molecular weight excluding hydrogens is 492 g/mol.